The van der Waals surface area contributed by atoms with Gasteiger partial charge in [-0.15, -0.1) is 10.2 Å². The van der Waals surface area contributed by atoms with E-state index in [1.807, 2.05) is 32.0 Å². The zero-order valence-electron chi connectivity index (χ0n) is 23.6. The van der Waals surface area contributed by atoms with Gasteiger partial charge in [0.1, 0.15) is 17.1 Å². The number of piperazine rings is 1. The summed E-state index contributed by atoms with van der Waals surface area (Å²) in [4.78, 5) is 26.3. The third kappa shape index (κ3) is 4.96. The van der Waals surface area contributed by atoms with Crippen molar-refractivity contribution in [1.29, 1.82) is 0 Å². The van der Waals surface area contributed by atoms with Gasteiger partial charge in [-0.3, -0.25) is 4.79 Å². The number of nitrogens with two attached hydrogens (primary N) is 1. The quantitative estimate of drug-likeness (QED) is 0.313. The number of phenolic OH excluding ortho intramolecular Hbond substituents is 1. The summed E-state index contributed by atoms with van der Waals surface area (Å²) in [5.74, 6) is 7.68. The Bertz CT molecular complexity index is 1920. The Labute approximate surface area is 242 Å². The third-order valence-corrected chi connectivity index (χ3v) is 7.57. The van der Waals surface area contributed by atoms with Gasteiger partial charge in [0, 0.05) is 55.4 Å². The standard InChI is InChI=1S/C30H30N10O2/c1-19-18-38(13-15-39(19)24-17-23(34-35-29(24)31)22-7-4-5-8-25(22)41)27-10-11-32-26(33-27)9-6-12-37-14-16-40-28(30(37)42)20(2)21(3)36-40/h4-5,7-8,10-11,14,16-17,19,41H,12-13,15,18H2,1-3H3,(H2,31,35). The summed E-state index contributed by atoms with van der Waals surface area (Å²) in [5.41, 5.74) is 10.3. The Hall–Kier alpha value is -5.44. The Morgan fingerprint density at radius 1 is 1.12 bits per heavy atom. The first-order valence-electron chi connectivity index (χ1n) is 13.6. The Morgan fingerprint density at radius 3 is 2.76 bits per heavy atom. The van der Waals surface area contributed by atoms with Crippen LogP contribution in [0.1, 0.15) is 24.0 Å². The molecular formula is C30H30N10O2. The van der Waals surface area contributed by atoms with Gasteiger partial charge >= 0.3 is 0 Å². The van der Waals surface area contributed by atoms with Crippen molar-refractivity contribution >= 4 is 22.8 Å². The Balaban J connectivity index is 1.17. The Morgan fingerprint density at radius 2 is 1.95 bits per heavy atom. The second-order valence-electron chi connectivity index (χ2n) is 10.3. The predicted octanol–water partition coefficient (Wildman–Crippen LogP) is 2.41. The molecule has 0 saturated carbocycles. The lowest BCUT2D eigenvalue weighted by Gasteiger charge is -2.41. The summed E-state index contributed by atoms with van der Waals surface area (Å²) in [6.07, 6.45) is 5.15. The van der Waals surface area contributed by atoms with Gasteiger partial charge < -0.3 is 25.2 Å². The number of nitrogens with zero attached hydrogens (tertiary/aromatic N) is 9. The third-order valence-electron chi connectivity index (χ3n) is 7.57. The fourth-order valence-corrected chi connectivity index (χ4v) is 5.22. The van der Waals surface area contributed by atoms with E-state index in [0.29, 0.717) is 48.1 Å². The van der Waals surface area contributed by atoms with Crippen LogP contribution in [0.15, 0.2) is 59.8 Å². The molecule has 12 nitrogen and oxygen atoms in total. The molecule has 1 unspecified atom stereocenters. The van der Waals surface area contributed by atoms with E-state index in [4.69, 9.17) is 5.73 Å². The fraction of sp³-hybridized carbons (Fsp3) is 0.267. The number of para-hydroxylation sites is 1. The molecule has 212 valence electrons. The van der Waals surface area contributed by atoms with Crippen molar-refractivity contribution in [3.63, 3.8) is 0 Å². The van der Waals surface area contributed by atoms with Crippen LogP contribution in [-0.4, -0.2) is 65.1 Å². The van der Waals surface area contributed by atoms with Crippen LogP contribution in [0.4, 0.5) is 17.3 Å². The monoisotopic (exact) mass is 562 g/mol. The van der Waals surface area contributed by atoms with Crippen LogP contribution < -0.4 is 21.1 Å². The van der Waals surface area contributed by atoms with Gasteiger partial charge in [-0.1, -0.05) is 18.1 Å². The van der Waals surface area contributed by atoms with Crippen LogP contribution in [0.3, 0.4) is 0 Å². The molecule has 3 N–H and O–H groups in total. The number of aromatic hydroxyl groups is 1. The van der Waals surface area contributed by atoms with E-state index in [2.05, 4.69) is 53.8 Å². The molecule has 12 heteroatoms. The first-order chi connectivity index (χ1) is 20.3. The molecule has 1 aromatic carbocycles. The van der Waals surface area contributed by atoms with Crippen molar-refractivity contribution in [2.24, 2.45) is 0 Å². The summed E-state index contributed by atoms with van der Waals surface area (Å²) >= 11 is 0. The number of nitrogen functional groups attached to an aromatic ring is 1. The minimum atomic E-state index is -0.135. The molecule has 0 spiro atoms. The molecule has 1 atom stereocenters. The average molecular weight is 563 g/mol. The minimum absolute atomic E-state index is 0.0874. The molecule has 0 bridgehead atoms. The number of anilines is 3. The molecule has 0 aliphatic carbocycles. The van der Waals surface area contributed by atoms with E-state index < -0.39 is 0 Å². The molecule has 1 aliphatic rings. The van der Waals surface area contributed by atoms with Gasteiger partial charge in [0.05, 0.1) is 23.6 Å². The molecular weight excluding hydrogens is 532 g/mol. The van der Waals surface area contributed by atoms with E-state index in [1.165, 1.54) is 0 Å². The van der Waals surface area contributed by atoms with Gasteiger partial charge in [0.2, 0.25) is 5.82 Å². The number of hydrogen-bond donors (Lipinski definition) is 2. The Kier molecular flexibility index (Phi) is 6.92. The lowest BCUT2D eigenvalue weighted by Crippen LogP contribution is -2.52. The molecule has 6 rings (SSSR count). The van der Waals surface area contributed by atoms with Crippen LogP contribution >= 0.6 is 0 Å². The summed E-state index contributed by atoms with van der Waals surface area (Å²) in [6.45, 7) is 8.18. The van der Waals surface area contributed by atoms with Crippen LogP contribution in [0, 0.1) is 25.7 Å². The molecule has 0 amide bonds. The molecule has 5 aromatic rings. The maximum Gasteiger partial charge on any atom is 0.277 e. The van der Waals surface area contributed by atoms with Gasteiger partial charge in [0.15, 0.2) is 5.82 Å². The summed E-state index contributed by atoms with van der Waals surface area (Å²) in [6, 6.07) is 10.9. The maximum absolute atomic E-state index is 12.9. The maximum atomic E-state index is 12.9. The highest BCUT2D eigenvalue weighted by molar-refractivity contribution is 5.74. The number of aromatic nitrogens is 7. The number of aryl methyl sites for hydroxylation is 2. The first kappa shape index (κ1) is 26.8. The molecule has 0 radical (unpaired) electrons. The molecule has 1 saturated heterocycles. The zero-order chi connectivity index (χ0) is 29.4. The number of fused-ring (bicyclic) bond motifs is 1. The van der Waals surface area contributed by atoms with Crippen molar-refractivity contribution < 1.29 is 5.11 Å². The molecule has 42 heavy (non-hydrogen) atoms. The molecule has 1 aliphatic heterocycles. The zero-order valence-corrected chi connectivity index (χ0v) is 23.6. The van der Waals surface area contributed by atoms with Gasteiger partial charge in [-0.2, -0.15) is 5.10 Å². The summed E-state index contributed by atoms with van der Waals surface area (Å²) < 4.78 is 3.17. The van der Waals surface area contributed by atoms with E-state index in [9.17, 15) is 9.90 Å². The predicted molar refractivity (Wildman–Crippen MR) is 160 cm³/mol. The van der Waals surface area contributed by atoms with Gasteiger partial charge in [-0.25, -0.2) is 14.5 Å². The highest BCUT2D eigenvalue weighted by Gasteiger charge is 2.27. The lowest BCUT2D eigenvalue weighted by atomic mass is 10.1. The van der Waals surface area contributed by atoms with Crippen molar-refractivity contribution in [3.05, 3.63) is 82.4 Å². The van der Waals surface area contributed by atoms with Crippen LogP contribution in [0.2, 0.25) is 0 Å². The number of benzene rings is 1. The first-order valence-corrected chi connectivity index (χ1v) is 13.6. The highest BCUT2D eigenvalue weighted by atomic mass is 16.3. The van der Waals surface area contributed by atoms with Gasteiger partial charge in [-0.05, 0) is 51.0 Å². The van der Waals surface area contributed by atoms with E-state index in [1.54, 1.807) is 45.9 Å². The average Bonchev–Trinajstić information content (AvgIpc) is 3.28. The normalized spacial score (nSPS) is 15.1. The number of phenols is 1. The highest BCUT2D eigenvalue weighted by Crippen LogP contribution is 2.33. The molecule has 4 aromatic heterocycles. The number of rotatable bonds is 4. The second-order valence-corrected chi connectivity index (χ2v) is 10.3. The minimum Gasteiger partial charge on any atom is -0.507 e. The van der Waals surface area contributed by atoms with E-state index >= 15 is 0 Å². The largest absolute Gasteiger partial charge is 0.507 e. The van der Waals surface area contributed by atoms with Crippen LogP contribution in [0.5, 0.6) is 5.75 Å². The topological polar surface area (TPSA) is 144 Å². The van der Waals surface area contributed by atoms with Crippen LogP contribution in [0.25, 0.3) is 16.8 Å². The number of hydrogen-bond acceptors (Lipinski definition) is 10. The lowest BCUT2D eigenvalue weighted by molar-refractivity contribution is 0.477. The second kappa shape index (κ2) is 10.9. The van der Waals surface area contributed by atoms with Crippen LogP contribution in [-0.2, 0) is 6.54 Å². The summed E-state index contributed by atoms with van der Waals surface area (Å²) in [7, 11) is 0. The van der Waals surface area contributed by atoms with E-state index in [-0.39, 0.29) is 23.9 Å². The van der Waals surface area contributed by atoms with Crippen molar-refractivity contribution in [2.45, 2.75) is 33.4 Å². The fourth-order valence-electron chi connectivity index (χ4n) is 5.22. The molecule has 1 fully saturated rings. The molecule has 5 heterocycles. The SMILES string of the molecule is Cc1nn2ccn(CC#Cc3nccc(N4CCN(c5cc(-c6ccccc6O)nnc5N)C(C)C4)n3)c(=O)c2c1C. The van der Waals surface area contributed by atoms with Crippen molar-refractivity contribution in [1.82, 2.24) is 34.3 Å². The van der Waals surface area contributed by atoms with E-state index in [0.717, 1.165) is 22.8 Å². The van der Waals surface area contributed by atoms with Gasteiger partial charge in [0.25, 0.3) is 5.56 Å². The van der Waals surface area contributed by atoms with Crippen molar-refractivity contribution in [2.75, 3.05) is 35.2 Å². The summed E-state index contributed by atoms with van der Waals surface area (Å²) in [5, 5.41) is 23.0. The van der Waals surface area contributed by atoms with Crippen molar-refractivity contribution in [3.8, 4) is 28.8 Å². The smallest absolute Gasteiger partial charge is 0.277 e.